The maximum atomic E-state index is 12.4. The van der Waals surface area contributed by atoms with E-state index in [1.54, 1.807) is 24.3 Å². The number of carbonyl (C=O) groups is 1. The number of anilines is 1. The molecule has 7 heteroatoms. The number of ether oxygens (including phenoxy) is 1. The first-order valence-electron chi connectivity index (χ1n) is 6.67. The molecular formula is C16H12ClN3O3. The number of phenolic OH excluding ortho intramolecular Hbond substituents is 1. The molecule has 0 fully saturated rings. The molecule has 0 unspecified atom stereocenters. The van der Waals surface area contributed by atoms with Crippen molar-refractivity contribution in [2.45, 2.75) is 0 Å². The number of methoxy groups -OCH3 is 1. The van der Waals surface area contributed by atoms with E-state index in [4.69, 9.17) is 16.3 Å². The maximum Gasteiger partial charge on any atom is 0.256 e. The van der Waals surface area contributed by atoms with Gasteiger partial charge in [-0.05, 0) is 30.3 Å². The van der Waals surface area contributed by atoms with Crippen LogP contribution >= 0.6 is 11.6 Å². The fraction of sp³-hybridized carbons (Fsp3) is 0.0625. The second-order valence-corrected chi connectivity index (χ2v) is 5.10. The van der Waals surface area contributed by atoms with Crippen LogP contribution in [0.4, 0.5) is 5.82 Å². The number of aromatic nitrogens is 2. The fourth-order valence-electron chi connectivity index (χ4n) is 2.17. The monoisotopic (exact) mass is 329 g/mol. The number of nitrogens with one attached hydrogen (secondary N) is 1. The first kappa shape index (κ1) is 15.1. The maximum absolute atomic E-state index is 12.4. The van der Waals surface area contributed by atoms with Crippen molar-refractivity contribution in [3.8, 4) is 11.5 Å². The minimum Gasteiger partial charge on any atom is -0.507 e. The van der Waals surface area contributed by atoms with Gasteiger partial charge in [0.2, 0.25) is 0 Å². The third kappa shape index (κ3) is 2.89. The summed E-state index contributed by atoms with van der Waals surface area (Å²) in [7, 11) is 1.47. The lowest BCUT2D eigenvalue weighted by Crippen LogP contribution is -2.13. The molecule has 0 spiro atoms. The molecule has 2 N–H and O–H groups in total. The fourth-order valence-corrected chi connectivity index (χ4v) is 2.36. The van der Waals surface area contributed by atoms with Gasteiger partial charge in [0.15, 0.2) is 0 Å². The van der Waals surface area contributed by atoms with Gasteiger partial charge in [0, 0.05) is 5.56 Å². The van der Waals surface area contributed by atoms with Crippen LogP contribution in [0.25, 0.3) is 10.9 Å². The number of aromatic hydroxyl groups is 1. The number of rotatable bonds is 3. The van der Waals surface area contributed by atoms with Crippen LogP contribution in [-0.2, 0) is 0 Å². The average molecular weight is 330 g/mol. The predicted octanol–water partition coefficient (Wildman–Crippen LogP) is 3.25. The highest BCUT2D eigenvalue weighted by Crippen LogP contribution is 2.29. The van der Waals surface area contributed by atoms with Crippen LogP contribution in [0.15, 0.2) is 42.7 Å². The molecule has 23 heavy (non-hydrogen) atoms. The van der Waals surface area contributed by atoms with Gasteiger partial charge in [0.1, 0.15) is 23.6 Å². The van der Waals surface area contributed by atoms with Gasteiger partial charge < -0.3 is 15.2 Å². The van der Waals surface area contributed by atoms with Crippen molar-refractivity contribution in [1.29, 1.82) is 0 Å². The first-order chi connectivity index (χ1) is 11.1. The molecule has 0 atom stereocenters. The number of hydrogen-bond acceptors (Lipinski definition) is 5. The lowest BCUT2D eigenvalue weighted by molar-refractivity contribution is 0.102. The van der Waals surface area contributed by atoms with E-state index in [9.17, 15) is 9.90 Å². The van der Waals surface area contributed by atoms with Gasteiger partial charge in [-0.2, -0.15) is 0 Å². The SMILES string of the molecule is COc1cc(C(=O)Nc2ncnc3cccc(O)c23)ccc1Cl. The zero-order valence-corrected chi connectivity index (χ0v) is 12.8. The zero-order chi connectivity index (χ0) is 16.4. The molecule has 0 saturated heterocycles. The lowest BCUT2D eigenvalue weighted by Gasteiger charge is -2.09. The minimum absolute atomic E-state index is 0.00733. The Hall–Kier alpha value is -2.86. The summed E-state index contributed by atoms with van der Waals surface area (Å²) in [5.41, 5.74) is 0.886. The van der Waals surface area contributed by atoms with Crippen LogP contribution in [0.5, 0.6) is 11.5 Å². The van der Waals surface area contributed by atoms with E-state index in [0.717, 1.165) is 0 Å². The molecule has 0 bridgehead atoms. The second kappa shape index (κ2) is 6.10. The Morgan fingerprint density at radius 2 is 2.09 bits per heavy atom. The van der Waals surface area contributed by atoms with Gasteiger partial charge in [0.25, 0.3) is 5.91 Å². The van der Waals surface area contributed by atoms with Crippen LogP contribution in [0.1, 0.15) is 10.4 Å². The van der Waals surface area contributed by atoms with E-state index in [1.165, 1.54) is 25.6 Å². The van der Waals surface area contributed by atoms with E-state index in [2.05, 4.69) is 15.3 Å². The lowest BCUT2D eigenvalue weighted by atomic mass is 10.2. The number of nitrogens with zero attached hydrogens (tertiary/aromatic N) is 2. The largest absolute Gasteiger partial charge is 0.507 e. The molecule has 6 nitrogen and oxygen atoms in total. The molecule has 0 radical (unpaired) electrons. The highest BCUT2D eigenvalue weighted by atomic mass is 35.5. The van der Waals surface area contributed by atoms with Crippen LogP contribution in [0.2, 0.25) is 5.02 Å². The summed E-state index contributed by atoms with van der Waals surface area (Å²) in [5.74, 6) is 0.219. The normalized spacial score (nSPS) is 10.5. The Labute approximate surface area is 136 Å². The number of amides is 1. The summed E-state index contributed by atoms with van der Waals surface area (Å²) < 4.78 is 5.10. The Bertz CT molecular complexity index is 894. The Morgan fingerprint density at radius 3 is 2.87 bits per heavy atom. The summed E-state index contributed by atoms with van der Waals surface area (Å²) >= 11 is 5.95. The molecule has 1 amide bonds. The smallest absolute Gasteiger partial charge is 0.256 e. The molecule has 116 valence electrons. The van der Waals surface area contributed by atoms with Crippen molar-refractivity contribution >= 4 is 34.2 Å². The predicted molar refractivity (Wildman–Crippen MR) is 87.2 cm³/mol. The molecule has 0 saturated carbocycles. The molecule has 0 aliphatic carbocycles. The molecular weight excluding hydrogens is 318 g/mol. The first-order valence-corrected chi connectivity index (χ1v) is 7.05. The zero-order valence-electron chi connectivity index (χ0n) is 12.1. The van der Waals surface area contributed by atoms with Gasteiger partial charge in [-0.15, -0.1) is 0 Å². The van der Waals surface area contributed by atoms with Gasteiger partial charge in [-0.1, -0.05) is 17.7 Å². The van der Waals surface area contributed by atoms with Crippen molar-refractivity contribution in [1.82, 2.24) is 9.97 Å². The average Bonchev–Trinajstić information content (AvgIpc) is 2.55. The number of hydrogen-bond donors (Lipinski definition) is 2. The summed E-state index contributed by atoms with van der Waals surface area (Å²) in [6, 6.07) is 9.57. The number of phenols is 1. The van der Waals surface area contributed by atoms with E-state index in [-0.39, 0.29) is 11.6 Å². The van der Waals surface area contributed by atoms with Crippen molar-refractivity contribution in [2.24, 2.45) is 0 Å². The summed E-state index contributed by atoms with van der Waals surface area (Å²) in [4.78, 5) is 20.5. The van der Waals surface area contributed by atoms with Crippen molar-refractivity contribution in [3.05, 3.63) is 53.3 Å². The standard InChI is InChI=1S/C16H12ClN3O3/c1-23-13-7-9(5-6-10(13)17)16(22)20-15-14-11(18-8-19-15)3-2-4-12(14)21/h2-8,21H,1H3,(H,18,19,20,22). The molecule has 3 aromatic rings. The number of carbonyl (C=O) groups excluding carboxylic acids is 1. The van der Waals surface area contributed by atoms with E-state index in [0.29, 0.717) is 27.2 Å². The van der Waals surface area contributed by atoms with Gasteiger partial charge in [-0.3, -0.25) is 4.79 Å². The van der Waals surface area contributed by atoms with Crippen LogP contribution in [0, 0.1) is 0 Å². The van der Waals surface area contributed by atoms with E-state index in [1.807, 2.05) is 0 Å². The highest BCUT2D eigenvalue weighted by molar-refractivity contribution is 6.32. The number of halogens is 1. The van der Waals surface area contributed by atoms with Gasteiger partial charge in [-0.25, -0.2) is 9.97 Å². The Morgan fingerprint density at radius 1 is 1.26 bits per heavy atom. The quantitative estimate of drug-likeness (QED) is 0.770. The Kier molecular flexibility index (Phi) is 3.99. The highest BCUT2D eigenvalue weighted by Gasteiger charge is 2.14. The van der Waals surface area contributed by atoms with Crippen molar-refractivity contribution in [2.75, 3.05) is 12.4 Å². The molecule has 1 heterocycles. The second-order valence-electron chi connectivity index (χ2n) is 4.70. The van der Waals surface area contributed by atoms with Crippen LogP contribution in [-0.4, -0.2) is 28.1 Å². The number of benzene rings is 2. The van der Waals surface area contributed by atoms with Crippen molar-refractivity contribution in [3.63, 3.8) is 0 Å². The summed E-state index contributed by atoms with van der Waals surface area (Å²) in [6.07, 6.45) is 1.32. The van der Waals surface area contributed by atoms with E-state index < -0.39 is 5.91 Å². The molecule has 2 aromatic carbocycles. The summed E-state index contributed by atoms with van der Waals surface area (Å²) in [5, 5.41) is 13.4. The third-order valence-corrected chi connectivity index (χ3v) is 3.60. The van der Waals surface area contributed by atoms with Crippen molar-refractivity contribution < 1.29 is 14.6 Å². The van der Waals surface area contributed by atoms with Crippen LogP contribution in [0.3, 0.4) is 0 Å². The Balaban J connectivity index is 1.98. The molecule has 3 rings (SSSR count). The molecule has 0 aliphatic heterocycles. The van der Waals surface area contributed by atoms with Gasteiger partial charge in [0.05, 0.1) is 23.0 Å². The number of fused-ring (bicyclic) bond motifs is 1. The third-order valence-electron chi connectivity index (χ3n) is 3.29. The van der Waals surface area contributed by atoms with Crippen LogP contribution < -0.4 is 10.1 Å². The molecule has 1 aromatic heterocycles. The van der Waals surface area contributed by atoms with Gasteiger partial charge >= 0.3 is 0 Å². The van der Waals surface area contributed by atoms with E-state index >= 15 is 0 Å². The topological polar surface area (TPSA) is 84.3 Å². The summed E-state index contributed by atoms with van der Waals surface area (Å²) in [6.45, 7) is 0. The molecule has 0 aliphatic rings. The minimum atomic E-state index is -0.400.